The quantitative estimate of drug-likeness (QED) is 0.765. The topological polar surface area (TPSA) is 23.8 Å². The third-order valence-corrected chi connectivity index (χ3v) is 3.04. The molecule has 0 fully saturated rings. The highest BCUT2D eigenvalue weighted by molar-refractivity contribution is 6.30. The van der Waals surface area contributed by atoms with Crippen LogP contribution in [0.4, 0.5) is 0 Å². The number of halogens is 1. The minimum Gasteiger partial charge on any atom is -0.198 e. The van der Waals surface area contributed by atoms with Gasteiger partial charge in [0.15, 0.2) is 0 Å². The lowest BCUT2D eigenvalue weighted by atomic mass is 9.99. The molecule has 0 bridgehead atoms. The van der Waals surface area contributed by atoms with E-state index in [1.54, 1.807) is 0 Å². The number of nitrogens with zero attached hydrogens (tertiary/aromatic N) is 1. The van der Waals surface area contributed by atoms with Crippen molar-refractivity contribution in [2.45, 2.75) is 13.3 Å². The predicted octanol–water partition coefficient (Wildman–Crippen LogP) is 4.38. The zero-order valence-electron chi connectivity index (χ0n) is 9.57. The van der Waals surface area contributed by atoms with Gasteiger partial charge in [-0.3, -0.25) is 0 Å². The molecule has 0 heterocycles. The maximum atomic E-state index is 8.70. The second-order valence-electron chi connectivity index (χ2n) is 3.98. The number of hydrogen-bond acceptors (Lipinski definition) is 1. The summed E-state index contributed by atoms with van der Waals surface area (Å²) in [6, 6.07) is 16.1. The molecule has 0 spiro atoms. The van der Waals surface area contributed by atoms with Gasteiger partial charge >= 0.3 is 0 Å². The lowest BCUT2D eigenvalue weighted by Gasteiger charge is -2.06. The van der Waals surface area contributed by atoms with Gasteiger partial charge in [-0.25, -0.2) is 0 Å². The molecule has 2 aromatic rings. The largest absolute Gasteiger partial charge is 0.198 e. The monoisotopic (exact) mass is 241 g/mol. The maximum absolute atomic E-state index is 8.70. The highest BCUT2D eigenvalue weighted by Crippen LogP contribution is 2.24. The SMILES string of the molecule is Cc1cc(-c2ccc(Cl)cc2)ccc1CC#N. The van der Waals surface area contributed by atoms with Gasteiger partial charge in [0.2, 0.25) is 0 Å². The molecule has 0 aliphatic rings. The minimum absolute atomic E-state index is 0.465. The molecular formula is C15H12ClN. The zero-order chi connectivity index (χ0) is 12.3. The van der Waals surface area contributed by atoms with Crippen LogP contribution >= 0.6 is 11.6 Å². The molecule has 84 valence electrons. The zero-order valence-corrected chi connectivity index (χ0v) is 10.3. The lowest BCUT2D eigenvalue weighted by molar-refractivity contribution is 1.21. The van der Waals surface area contributed by atoms with Gasteiger partial charge in [0, 0.05) is 5.02 Å². The molecule has 2 aromatic carbocycles. The van der Waals surface area contributed by atoms with Crippen LogP contribution < -0.4 is 0 Å². The molecule has 0 saturated heterocycles. The van der Waals surface area contributed by atoms with E-state index in [-0.39, 0.29) is 0 Å². The van der Waals surface area contributed by atoms with Crippen molar-refractivity contribution in [2.75, 3.05) is 0 Å². The summed E-state index contributed by atoms with van der Waals surface area (Å²) in [6.45, 7) is 2.03. The van der Waals surface area contributed by atoms with Crippen molar-refractivity contribution in [3.05, 3.63) is 58.6 Å². The van der Waals surface area contributed by atoms with E-state index < -0.39 is 0 Å². The fourth-order valence-corrected chi connectivity index (χ4v) is 1.93. The minimum atomic E-state index is 0.465. The Bertz CT molecular complexity index is 564. The Morgan fingerprint density at radius 1 is 1.06 bits per heavy atom. The van der Waals surface area contributed by atoms with Crippen LogP contribution in [-0.2, 0) is 6.42 Å². The number of rotatable bonds is 2. The van der Waals surface area contributed by atoms with Crippen molar-refractivity contribution in [3.8, 4) is 17.2 Å². The molecule has 0 saturated carbocycles. The van der Waals surface area contributed by atoms with Crippen molar-refractivity contribution in [1.82, 2.24) is 0 Å². The van der Waals surface area contributed by atoms with E-state index in [1.165, 1.54) is 0 Å². The fraction of sp³-hybridized carbons (Fsp3) is 0.133. The molecule has 1 nitrogen and oxygen atoms in total. The summed E-state index contributed by atoms with van der Waals surface area (Å²) in [5, 5.41) is 9.44. The molecule has 0 aliphatic carbocycles. The van der Waals surface area contributed by atoms with Crippen LogP contribution in [0.5, 0.6) is 0 Å². The summed E-state index contributed by atoms with van der Waals surface area (Å²) in [5.41, 5.74) is 4.53. The standard InChI is InChI=1S/C15H12ClN/c1-11-10-14(3-2-12(11)8-9-17)13-4-6-15(16)7-5-13/h2-7,10H,8H2,1H3. The van der Waals surface area contributed by atoms with Gasteiger partial charge in [0.05, 0.1) is 12.5 Å². The summed E-state index contributed by atoms with van der Waals surface area (Å²) in [6.07, 6.45) is 0.465. The Labute approximate surface area is 106 Å². The molecule has 2 heteroatoms. The number of aryl methyl sites for hydroxylation is 1. The average Bonchev–Trinajstić information content (AvgIpc) is 2.33. The summed E-state index contributed by atoms with van der Waals surface area (Å²) in [7, 11) is 0. The van der Waals surface area contributed by atoms with Gasteiger partial charge < -0.3 is 0 Å². The summed E-state index contributed by atoms with van der Waals surface area (Å²) >= 11 is 5.86. The molecule has 2 rings (SSSR count). The highest BCUT2D eigenvalue weighted by Gasteiger charge is 2.02. The Balaban J connectivity index is 2.38. The lowest BCUT2D eigenvalue weighted by Crippen LogP contribution is -1.88. The molecule has 0 amide bonds. The molecule has 0 aromatic heterocycles. The molecule has 0 unspecified atom stereocenters. The first-order valence-corrected chi connectivity index (χ1v) is 5.81. The van der Waals surface area contributed by atoms with E-state index in [4.69, 9.17) is 16.9 Å². The number of hydrogen-bond donors (Lipinski definition) is 0. The third kappa shape index (κ3) is 2.67. The van der Waals surface area contributed by atoms with Gasteiger partial charge in [0.1, 0.15) is 0 Å². The summed E-state index contributed by atoms with van der Waals surface area (Å²) in [4.78, 5) is 0. The number of nitriles is 1. The third-order valence-electron chi connectivity index (χ3n) is 2.79. The maximum Gasteiger partial charge on any atom is 0.0669 e. The second kappa shape index (κ2) is 5.03. The van der Waals surface area contributed by atoms with Gasteiger partial charge in [-0.2, -0.15) is 5.26 Å². The van der Waals surface area contributed by atoms with E-state index >= 15 is 0 Å². The smallest absolute Gasteiger partial charge is 0.0669 e. The van der Waals surface area contributed by atoms with Gasteiger partial charge in [-0.1, -0.05) is 41.9 Å². The van der Waals surface area contributed by atoms with Crippen molar-refractivity contribution >= 4 is 11.6 Å². The highest BCUT2D eigenvalue weighted by atomic mass is 35.5. The van der Waals surface area contributed by atoms with E-state index in [1.807, 2.05) is 43.3 Å². The molecule has 17 heavy (non-hydrogen) atoms. The fourth-order valence-electron chi connectivity index (χ4n) is 1.80. The van der Waals surface area contributed by atoms with Crippen LogP contribution in [0.25, 0.3) is 11.1 Å². The molecule has 0 atom stereocenters. The first kappa shape index (κ1) is 11.7. The normalized spacial score (nSPS) is 9.94. The molecule has 0 radical (unpaired) electrons. The van der Waals surface area contributed by atoms with Gasteiger partial charge in [-0.05, 0) is 41.3 Å². The van der Waals surface area contributed by atoms with Crippen LogP contribution in [0.2, 0.25) is 5.02 Å². The number of benzene rings is 2. The summed E-state index contributed by atoms with van der Waals surface area (Å²) < 4.78 is 0. The predicted molar refractivity (Wildman–Crippen MR) is 70.9 cm³/mol. The van der Waals surface area contributed by atoms with E-state index in [0.29, 0.717) is 6.42 Å². The van der Waals surface area contributed by atoms with Crippen LogP contribution in [-0.4, -0.2) is 0 Å². The Morgan fingerprint density at radius 2 is 1.71 bits per heavy atom. The van der Waals surface area contributed by atoms with Gasteiger partial charge in [0.25, 0.3) is 0 Å². The summed E-state index contributed by atoms with van der Waals surface area (Å²) in [5.74, 6) is 0. The Morgan fingerprint density at radius 3 is 2.29 bits per heavy atom. The van der Waals surface area contributed by atoms with Crippen molar-refractivity contribution < 1.29 is 0 Å². The Kier molecular flexibility index (Phi) is 3.46. The first-order chi connectivity index (χ1) is 8.20. The van der Waals surface area contributed by atoms with Crippen LogP contribution in [0.3, 0.4) is 0 Å². The van der Waals surface area contributed by atoms with Crippen LogP contribution in [0.1, 0.15) is 11.1 Å². The molecular weight excluding hydrogens is 230 g/mol. The van der Waals surface area contributed by atoms with E-state index in [9.17, 15) is 0 Å². The van der Waals surface area contributed by atoms with Gasteiger partial charge in [-0.15, -0.1) is 0 Å². The van der Waals surface area contributed by atoms with Crippen LogP contribution in [0.15, 0.2) is 42.5 Å². The average molecular weight is 242 g/mol. The second-order valence-corrected chi connectivity index (χ2v) is 4.42. The van der Waals surface area contributed by atoms with E-state index in [0.717, 1.165) is 27.3 Å². The van der Waals surface area contributed by atoms with Crippen molar-refractivity contribution in [3.63, 3.8) is 0 Å². The Hall–Kier alpha value is -1.78. The van der Waals surface area contributed by atoms with Crippen LogP contribution in [0, 0.1) is 18.3 Å². The van der Waals surface area contributed by atoms with E-state index in [2.05, 4.69) is 12.1 Å². The first-order valence-electron chi connectivity index (χ1n) is 5.43. The molecule has 0 N–H and O–H groups in total. The molecule has 0 aliphatic heterocycles. The van der Waals surface area contributed by atoms with Crippen molar-refractivity contribution in [2.24, 2.45) is 0 Å². The van der Waals surface area contributed by atoms with Crippen molar-refractivity contribution in [1.29, 1.82) is 5.26 Å².